The lowest BCUT2D eigenvalue weighted by Crippen LogP contribution is -2.42. The number of nitrogens with one attached hydrogen (secondary N) is 2. The Morgan fingerprint density at radius 1 is 1.29 bits per heavy atom. The molecule has 5 nitrogen and oxygen atoms in total. The van der Waals surface area contributed by atoms with Crippen molar-refractivity contribution in [3.63, 3.8) is 0 Å². The minimum Gasteiger partial charge on any atom is -0.343 e. The van der Waals surface area contributed by atoms with Crippen molar-refractivity contribution in [3.8, 4) is 6.07 Å². The van der Waals surface area contributed by atoms with Gasteiger partial charge in [-0.05, 0) is 44.7 Å². The van der Waals surface area contributed by atoms with Crippen LogP contribution in [0.2, 0.25) is 0 Å². The summed E-state index contributed by atoms with van der Waals surface area (Å²) in [5.74, 6) is -0.336. The average molecular weight is 285 g/mol. The highest BCUT2D eigenvalue weighted by Crippen LogP contribution is 2.32. The summed E-state index contributed by atoms with van der Waals surface area (Å²) in [5.41, 5.74) is 2.55. The summed E-state index contributed by atoms with van der Waals surface area (Å²) < 4.78 is 0. The molecule has 0 saturated heterocycles. The van der Waals surface area contributed by atoms with E-state index in [2.05, 4.69) is 16.7 Å². The van der Waals surface area contributed by atoms with Gasteiger partial charge in [-0.1, -0.05) is 17.2 Å². The van der Waals surface area contributed by atoms with Gasteiger partial charge >= 0.3 is 0 Å². The maximum atomic E-state index is 12.0. The number of nitriles is 1. The van der Waals surface area contributed by atoms with E-state index in [0.717, 1.165) is 24.0 Å². The number of carbonyl (C=O) groups excluding carboxylic acids is 2. The second-order valence-corrected chi connectivity index (χ2v) is 5.57. The van der Waals surface area contributed by atoms with Crippen LogP contribution in [0.15, 0.2) is 18.2 Å². The van der Waals surface area contributed by atoms with E-state index in [-0.39, 0.29) is 24.3 Å². The van der Waals surface area contributed by atoms with Gasteiger partial charge in [0.15, 0.2) is 0 Å². The topological polar surface area (TPSA) is 82.0 Å². The SMILES string of the molecule is Cc1cc(C)cc(C(=O)NCC(=O)NC(C#N)C2CC2)c1. The predicted octanol–water partition coefficient (Wildman–Crippen LogP) is 1.45. The molecular weight excluding hydrogens is 266 g/mol. The molecule has 0 spiro atoms. The number of rotatable bonds is 5. The summed E-state index contributed by atoms with van der Waals surface area (Å²) in [4.78, 5) is 23.7. The molecule has 0 bridgehead atoms. The third-order valence-electron chi connectivity index (χ3n) is 3.44. The number of carbonyl (C=O) groups is 2. The van der Waals surface area contributed by atoms with Crippen LogP contribution in [0.5, 0.6) is 0 Å². The maximum absolute atomic E-state index is 12.0. The van der Waals surface area contributed by atoms with Gasteiger partial charge in [-0.25, -0.2) is 0 Å². The van der Waals surface area contributed by atoms with Crippen LogP contribution in [0.4, 0.5) is 0 Å². The third-order valence-corrected chi connectivity index (χ3v) is 3.44. The van der Waals surface area contributed by atoms with Crippen molar-refractivity contribution in [2.45, 2.75) is 32.7 Å². The van der Waals surface area contributed by atoms with Gasteiger partial charge in [0.2, 0.25) is 5.91 Å². The number of benzene rings is 1. The summed E-state index contributed by atoms with van der Waals surface area (Å²) in [6, 6.07) is 7.19. The molecule has 0 radical (unpaired) electrons. The molecule has 1 saturated carbocycles. The van der Waals surface area contributed by atoms with Crippen molar-refractivity contribution in [2.75, 3.05) is 6.54 Å². The Kier molecular flexibility index (Phi) is 4.59. The van der Waals surface area contributed by atoms with E-state index in [0.29, 0.717) is 5.56 Å². The lowest BCUT2D eigenvalue weighted by molar-refractivity contribution is -0.120. The van der Waals surface area contributed by atoms with Crippen LogP contribution >= 0.6 is 0 Å². The van der Waals surface area contributed by atoms with Gasteiger partial charge in [-0.3, -0.25) is 9.59 Å². The smallest absolute Gasteiger partial charge is 0.251 e. The van der Waals surface area contributed by atoms with Gasteiger partial charge in [-0.15, -0.1) is 0 Å². The molecule has 5 heteroatoms. The van der Waals surface area contributed by atoms with E-state index in [1.54, 1.807) is 12.1 Å². The van der Waals surface area contributed by atoms with E-state index in [1.165, 1.54) is 0 Å². The molecule has 2 rings (SSSR count). The molecule has 1 unspecified atom stereocenters. The van der Waals surface area contributed by atoms with E-state index in [1.807, 2.05) is 19.9 Å². The van der Waals surface area contributed by atoms with Gasteiger partial charge in [0.05, 0.1) is 12.6 Å². The van der Waals surface area contributed by atoms with Crippen molar-refractivity contribution in [3.05, 3.63) is 34.9 Å². The van der Waals surface area contributed by atoms with Gasteiger partial charge in [0.1, 0.15) is 6.04 Å². The third kappa shape index (κ3) is 4.32. The summed E-state index contributed by atoms with van der Waals surface area (Å²) >= 11 is 0. The number of amides is 2. The lowest BCUT2D eigenvalue weighted by atomic mass is 10.1. The van der Waals surface area contributed by atoms with Crippen LogP contribution in [-0.4, -0.2) is 24.4 Å². The molecule has 0 heterocycles. The number of aryl methyl sites for hydroxylation is 2. The van der Waals surface area contributed by atoms with Crippen LogP contribution in [0.1, 0.15) is 34.3 Å². The minimum atomic E-state index is -0.435. The highest BCUT2D eigenvalue weighted by atomic mass is 16.2. The van der Waals surface area contributed by atoms with Crippen molar-refractivity contribution in [1.29, 1.82) is 5.26 Å². The molecule has 21 heavy (non-hydrogen) atoms. The molecule has 1 aromatic carbocycles. The lowest BCUT2D eigenvalue weighted by Gasteiger charge is -2.11. The van der Waals surface area contributed by atoms with Crippen LogP contribution in [0, 0.1) is 31.1 Å². The predicted molar refractivity (Wildman–Crippen MR) is 78.5 cm³/mol. The Bertz CT molecular complexity index is 580. The fourth-order valence-corrected chi connectivity index (χ4v) is 2.28. The first kappa shape index (κ1) is 15.0. The number of hydrogen-bond donors (Lipinski definition) is 2. The summed E-state index contributed by atoms with van der Waals surface area (Å²) in [6.45, 7) is 3.73. The zero-order chi connectivity index (χ0) is 15.4. The van der Waals surface area contributed by atoms with Gasteiger partial charge in [0.25, 0.3) is 5.91 Å². The quantitative estimate of drug-likeness (QED) is 0.859. The summed E-state index contributed by atoms with van der Waals surface area (Å²) in [6.07, 6.45) is 1.96. The Morgan fingerprint density at radius 2 is 1.90 bits per heavy atom. The van der Waals surface area contributed by atoms with Gasteiger partial charge in [-0.2, -0.15) is 5.26 Å². The second-order valence-electron chi connectivity index (χ2n) is 5.57. The largest absolute Gasteiger partial charge is 0.343 e. The van der Waals surface area contributed by atoms with E-state index in [4.69, 9.17) is 5.26 Å². The standard InChI is InChI=1S/C16H19N3O2/c1-10-5-11(2)7-13(6-10)16(21)18-9-15(20)19-14(8-17)12-3-4-12/h5-7,12,14H,3-4,9H2,1-2H3,(H,18,21)(H,19,20). The first-order valence-corrected chi connectivity index (χ1v) is 7.05. The molecule has 0 aliphatic heterocycles. The van der Waals surface area contributed by atoms with E-state index < -0.39 is 6.04 Å². The monoisotopic (exact) mass is 285 g/mol. The van der Waals surface area contributed by atoms with Crippen LogP contribution < -0.4 is 10.6 Å². The number of nitrogens with zero attached hydrogens (tertiary/aromatic N) is 1. The summed E-state index contributed by atoms with van der Waals surface area (Å²) in [5, 5.41) is 14.2. The molecule has 1 fully saturated rings. The molecule has 1 aliphatic rings. The number of hydrogen-bond acceptors (Lipinski definition) is 3. The highest BCUT2D eigenvalue weighted by molar-refractivity contribution is 5.96. The molecule has 1 aromatic rings. The fraction of sp³-hybridized carbons (Fsp3) is 0.438. The Hall–Kier alpha value is -2.35. The van der Waals surface area contributed by atoms with Crippen molar-refractivity contribution >= 4 is 11.8 Å². The van der Waals surface area contributed by atoms with Gasteiger partial charge in [0, 0.05) is 5.56 Å². The molecular formula is C16H19N3O2. The van der Waals surface area contributed by atoms with Crippen molar-refractivity contribution in [1.82, 2.24) is 10.6 Å². The Balaban J connectivity index is 1.85. The van der Waals surface area contributed by atoms with Crippen molar-refractivity contribution in [2.24, 2.45) is 5.92 Å². The first-order chi connectivity index (χ1) is 9.99. The molecule has 2 amide bonds. The second kappa shape index (κ2) is 6.40. The minimum absolute atomic E-state index is 0.114. The Morgan fingerprint density at radius 3 is 2.43 bits per heavy atom. The average Bonchev–Trinajstić information content (AvgIpc) is 3.25. The van der Waals surface area contributed by atoms with Crippen molar-refractivity contribution < 1.29 is 9.59 Å². The molecule has 0 aromatic heterocycles. The fourth-order valence-electron chi connectivity index (χ4n) is 2.28. The summed E-state index contributed by atoms with van der Waals surface area (Å²) in [7, 11) is 0. The molecule has 1 atom stereocenters. The molecule has 110 valence electrons. The Labute approximate surface area is 124 Å². The molecule has 2 N–H and O–H groups in total. The maximum Gasteiger partial charge on any atom is 0.251 e. The highest BCUT2D eigenvalue weighted by Gasteiger charge is 2.32. The van der Waals surface area contributed by atoms with Crippen LogP contribution in [0.25, 0.3) is 0 Å². The normalized spacial score (nSPS) is 14.9. The van der Waals surface area contributed by atoms with Crippen LogP contribution in [0.3, 0.4) is 0 Å². The zero-order valence-electron chi connectivity index (χ0n) is 12.3. The van der Waals surface area contributed by atoms with E-state index >= 15 is 0 Å². The van der Waals surface area contributed by atoms with Gasteiger partial charge < -0.3 is 10.6 Å². The van der Waals surface area contributed by atoms with E-state index in [9.17, 15) is 9.59 Å². The first-order valence-electron chi connectivity index (χ1n) is 7.05. The molecule has 1 aliphatic carbocycles. The zero-order valence-corrected chi connectivity index (χ0v) is 12.3. The van der Waals surface area contributed by atoms with Crippen LogP contribution in [-0.2, 0) is 4.79 Å².